The lowest BCUT2D eigenvalue weighted by molar-refractivity contribution is -0.120. The highest BCUT2D eigenvalue weighted by atomic mass is 16.6. The Morgan fingerprint density at radius 2 is 1.72 bits per heavy atom. The molecule has 0 atom stereocenters. The molecule has 2 N–H and O–H groups in total. The summed E-state index contributed by atoms with van der Waals surface area (Å²) in [5, 5.41) is 10.9. The van der Waals surface area contributed by atoms with E-state index in [9.17, 15) is 14.4 Å². The number of nitrogens with one attached hydrogen (secondary N) is 2. The second-order valence-corrected chi connectivity index (χ2v) is 13.6. The molecule has 3 amide bonds. The van der Waals surface area contributed by atoms with Crippen LogP contribution in [0.4, 0.5) is 22.0 Å². The molecule has 2 heterocycles. The lowest BCUT2D eigenvalue weighted by Gasteiger charge is -2.39. The summed E-state index contributed by atoms with van der Waals surface area (Å²) in [6, 6.07) is 14.6. The van der Waals surface area contributed by atoms with Crippen molar-refractivity contribution >= 4 is 46.5 Å². The third kappa shape index (κ3) is 8.37. The van der Waals surface area contributed by atoms with Gasteiger partial charge in [-0.3, -0.25) is 29.4 Å². The minimum atomic E-state index is -0.518. The van der Waals surface area contributed by atoms with Crippen molar-refractivity contribution in [3.05, 3.63) is 48.0 Å². The first-order chi connectivity index (χ1) is 22.0. The van der Waals surface area contributed by atoms with E-state index in [2.05, 4.69) is 49.8 Å². The van der Waals surface area contributed by atoms with E-state index in [1.54, 1.807) is 7.05 Å². The van der Waals surface area contributed by atoms with E-state index < -0.39 is 11.7 Å². The zero-order valence-electron chi connectivity index (χ0n) is 27.9. The summed E-state index contributed by atoms with van der Waals surface area (Å²) in [5.74, 6) is 1.76. The number of hydrogen-bond acceptors (Lipinski definition) is 7. The van der Waals surface area contributed by atoms with E-state index in [1.807, 2.05) is 50.7 Å². The SMILES string of the molecule is CNC(=O)CCN(C=O)c1nn(C)c2cc(N3CCN(CC4CCC(c5ccc(NC(=O)OC(C)(C)C)cc5)CC4)CC3)ccc12. The Balaban J connectivity index is 1.08. The monoisotopic (exact) mass is 631 g/mol. The molecule has 1 saturated carbocycles. The van der Waals surface area contributed by atoms with Gasteiger partial charge in [-0.15, -0.1) is 0 Å². The number of ether oxygens (including phenoxy) is 1. The molecule has 0 unspecified atom stereocenters. The molecule has 1 saturated heterocycles. The number of fused-ring (bicyclic) bond motifs is 1. The lowest BCUT2D eigenvalue weighted by atomic mass is 9.78. The van der Waals surface area contributed by atoms with Crippen molar-refractivity contribution < 1.29 is 19.1 Å². The highest BCUT2D eigenvalue weighted by Crippen LogP contribution is 2.37. The summed E-state index contributed by atoms with van der Waals surface area (Å²) in [6.07, 6.45) is 5.42. The number of hydrogen-bond donors (Lipinski definition) is 2. The molecule has 0 spiro atoms. The zero-order valence-corrected chi connectivity index (χ0v) is 27.9. The predicted octanol–water partition coefficient (Wildman–Crippen LogP) is 5.12. The fourth-order valence-electron chi connectivity index (χ4n) is 6.68. The number of benzene rings is 2. The number of aromatic nitrogens is 2. The van der Waals surface area contributed by atoms with Gasteiger partial charge in [0.25, 0.3) is 0 Å². The van der Waals surface area contributed by atoms with Crippen molar-refractivity contribution in [2.24, 2.45) is 13.0 Å². The summed E-state index contributed by atoms with van der Waals surface area (Å²) in [5.41, 5.74) is 3.72. The lowest BCUT2D eigenvalue weighted by Crippen LogP contribution is -2.48. The van der Waals surface area contributed by atoms with Gasteiger partial charge in [0, 0.05) is 76.5 Å². The topological polar surface area (TPSA) is 112 Å². The van der Waals surface area contributed by atoms with E-state index in [-0.39, 0.29) is 18.9 Å². The number of carbonyl (C=O) groups excluding carboxylic acids is 3. The maximum Gasteiger partial charge on any atom is 0.412 e. The van der Waals surface area contributed by atoms with Crippen LogP contribution in [-0.2, 0) is 21.4 Å². The van der Waals surface area contributed by atoms with Crippen LogP contribution < -0.4 is 20.4 Å². The first-order valence-corrected chi connectivity index (χ1v) is 16.5. The maximum absolute atomic E-state index is 12.1. The molecule has 0 radical (unpaired) electrons. The molecule has 2 aliphatic rings. The van der Waals surface area contributed by atoms with Crippen LogP contribution in [-0.4, -0.2) is 85.0 Å². The molecule has 11 heteroatoms. The summed E-state index contributed by atoms with van der Waals surface area (Å²) >= 11 is 0. The molecule has 1 aliphatic heterocycles. The van der Waals surface area contributed by atoms with Crippen molar-refractivity contribution in [1.29, 1.82) is 0 Å². The van der Waals surface area contributed by atoms with Crippen molar-refractivity contribution in [2.45, 2.75) is 64.4 Å². The Morgan fingerprint density at radius 1 is 1.02 bits per heavy atom. The van der Waals surface area contributed by atoms with Gasteiger partial charge in [0.2, 0.25) is 12.3 Å². The minimum absolute atomic E-state index is 0.112. The van der Waals surface area contributed by atoms with Gasteiger partial charge in [0.15, 0.2) is 5.82 Å². The molecule has 0 bridgehead atoms. The minimum Gasteiger partial charge on any atom is -0.444 e. The molecular formula is C35H49N7O4. The molecule has 3 aromatic rings. The Morgan fingerprint density at radius 3 is 2.35 bits per heavy atom. The number of piperazine rings is 1. The average Bonchev–Trinajstić information content (AvgIpc) is 3.36. The molecular weight excluding hydrogens is 582 g/mol. The number of amides is 3. The second kappa shape index (κ2) is 14.5. The van der Waals surface area contributed by atoms with E-state index in [0.717, 1.165) is 67.3 Å². The number of carbonyl (C=O) groups is 3. The van der Waals surface area contributed by atoms with Gasteiger partial charge in [0.1, 0.15) is 5.60 Å². The number of aryl methyl sites for hydroxylation is 1. The van der Waals surface area contributed by atoms with Gasteiger partial charge >= 0.3 is 6.09 Å². The van der Waals surface area contributed by atoms with Crippen LogP contribution in [0.25, 0.3) is 10.9 Å². The van der Waals surface area contributed by atoms with Gasteiger partial charge in [-0.1, -0.05) is 12.1 Å². The van der Waals surface area contributed by atoms with E-state index >= 15 is 0 Å². The Hall–Kier alpha value is -4.12. The normalized spacial score (nSPS) is 19.1. The van der Waals surface area contributed by atoms with Crippen LogP contribution in [0.2, 0.25) is 0 Å². The Kier molecular flexibility index (Phi) is 10.5. The highest BCUT2D eigenvalue weighted by molar-refractivity contribution is 5.97. The average molecular weight is 632 g/mol. The summed E-state index contributed by atoms with van der Waals surface area (Å²) in [7, 11) is 3.48. The fourth-order valence-corrected chi connectivity index (χ4v) is 6.68. The molecule has 248 valence electrons. The first-order valence-electron chi connectivity index (χ1n) is 16.5. The summed E-state index contributed by atoms with van der Waals surface area (Å²) in [4.78, 5) is 42.2. The van der Waals surface area contributed by atoms with Crippen LogP contribution in [0.5, 0.6) is 0 Å². The molecule has 2 aromatic carbocycles. The van der Waals surface area contributed by atoms with Crippen LogP contribution in [0.15, 0.2) is 42.5 Å². The molecule has 1 aromatic heterocycles. The van der Waals surface area contributed by atoms with Crippen LogP contribution in [0.3, 0.4) is 0 Å². The van der Waals surface area contributed by atoms with E-state index in [1.165, 1.54) is 36.1 Å². The van der Waals surface area contributed by atoms with Gasteiger partial charge in [-0.2, -0.15) is 5.10 Å². The molecule has 5 rings (SSSR count). The van der Waals surface area contributed by atoms with Gasteiger partial charge in [-0.25, -0.2) is 4.79 Å². The van der Waals surface area contributed by atoms with Gasteiger partial charge in [0.05, 0.1) is 5.52 Å². The predicted molar refractivity (Wildman–Crippen MR) is 182 cm³/mol. The first kappa shape index (κ1) is 33.2. The third-order valence-corrected chi connectivity index (χ3v) is 9.20. The Bertz CT molecular complexity index is 1500. The van der Waals surface area contributed by atoms with Gasteiger partial charge < -0.3 is 15.0 Å². The fraction of sp³-hybridized carbons (Fsp3) is 0.543. The molecule has 2 fully saturated rings. The highest BCUT2D eigenvalue weighted by Gasteiger charge is 2.26. The standard InChI is InChI=1S/C35H49N7O4/c1-35(2,3)46-34(45)37-28-12-10-27(11-13-28)26-8-6-25(7-9-26)23-40-18-20-41(21-19-40)29-14-15-30-31(22-29)39(5)38-33(30)42(24-43)17-16-32(44)36-4/h10-15,22,24-26H,6-9,16-21,23H2,1-5H3,(H,36,44)(H,37,45). The zero-order chi connectivity index (χ0) is 32.8. The second-order valence-electron chi connectivity index (χ2n) is 13.6. The van der Waals surface area contributed by atoms with Crippen LogP contribution in [0.1, 0.15) is 64.4 Å². The smallest absolute Gasteiger partial charge is 0.412 e. The van der Waals surface area contributed by atoms with Crippen LogP contribution in [0, 0.1) is 5.92 Å². The van der Waals surface area contributed by atoms with E-state index in [4.69, 9.17) is 4.74 Å². The number of rotatable bonds is 10. The number of anilines is 3. The number of nitrogens with zero attached hydrogens (tertiary/aromatic N) is 5. The maximum atomic E-state index is 12.1. The van der Waals surface area contributed by atoms with Crippen molar-refractivity contribution in [3.8, 4) is 0 Å². The van der Waals surface area contributed by atoms with E-state index in [0.29, 0.717) is 11.7 Å². The summed E-state index contributed by atoms with van der Waals surface area (Å²) < 4.78 is 7.17. The van der Waals surface area contributed by atoms with Gasteiger partial charge in [-0.05, 0) is 94.2 Å². The molecule has 1 aliphatic carbocycles. The molecule has 46 heavy (non-hydrogen) atoms. The van der Waals surface area contributed by atoms with Crippen molar-refractivity contribution in [2.75, 3.05) is 61.4 Å². The van der Waals surface area contributed by atoms with Crippen LogP contribution >= 0.6 is 0 Å². The van der Waals surface area contributed by atoms with Crippen molar-refractivity contribution in [3.63, 3.8) is 0 Å². The largest absolute Gasteiger partial charge is 0.444 e. The third-order valence-electron chi connectivity index (χ3n) is 9.20. The summed E-state index contributed by atoms with van der Waals surface area (Å²) in [6.45, 7) is 11.0. The quantitative estimate of drug-likeness (QED) is 0.299. The Labute approximate surface area is 272 Å². The van der Waals surface area contributed by atoms with Crippen molar-refractivity contribution in [1.82, 2.24) is 20.0 Å². The molecule has 11 nitrogen and oxygen atoms in total.